The van der Waals surface area contributed by atoms with E-state index in [9.17, 15) is 58.9 Å². The number of fused-ring (bicyclic) bond motifs is 6. The molecule has 24 rings (SSSR count). The number of nitrogens with zero attached hydrogens (tertiary/aromatic N) is 19. The first-order valence-corrected chi connectivity index (χ1v) is 48.4. The van der Waals surface area contributed by atoms with Crippen LogP contribution in [-0.2, 0) is 108 Å². The van der Waals surface area contributed by atoms with Crippen LogP contribution in [0.25, 0.3) is 17.2 Å². The second kappa shape index (κ2) is 43.5. The van der Waals surface area contributed by atoms with E-state index in [2.05, 4.69) is 66.9 Å². The zero-order valence-electron chi connectivity index (χ0n) is 80.4. The minimum Gasteiger partial charge on any atom is -0.446 e. The van der Waals surface area contributed by atoms with Crippen molar-refractivity contribution in [2.75, 3.05) is 0 Å². The Bertz CT molecular complexity index is 6960. The maximum absolute atomic E-state index is 12.7. The van der Waals surface area contributed by atoms with Gasteiger partial charge in [0.15, 0.2) is 74.7 Å². The Labute approximate surface area is 830 Å². The number of ketones is 6. The van der Waals surface area contributed by atoms with Gasteiger partial charge in [0.25, 0.3) is 0 Å². The van der Waals surface area contributed by atoms with Gasteiger partial charge in [-0.05, 0) is 229 Å². The summed E-state index contributed by atoms with van der Waals surface area (Å²) in [6, 6.07) is 59.5. The molecule has 36 nitrogen and oxygen atoms in total. The number of aryl methyl sites for hydroxylation is 1. The molecular weight excluding hydrogens is 1830 g/mol. The first-order valence-electron chi connectivity index (χ1n) is 48.4. The molecule has 3 saturated carbocycles. The highest BCUT2D eigenvalue weighted by atomic mass is 16.5. The second-order valence-corrected chi connectivity index (χ2v) is 37.6. The summed E-state index contributed by atoms with van der Waals surface area (Å²) < 4.78 is 36.4. The molecule has 0 atom stereocenters. The van der Waals surface area contributed by atoms with Crippen molar-refractivity contribution in [2.45, 2.75) is 196 Å². The predicted octanol–water partition coefficient (Wildman–Crippen LogP) is 6.13. The topological polar surface area (TPSA) is 467 Å². The first-order chi connectivity index (χ1) is 69.8. The molecule has 15 aromatic rings. The predicted molar refractivity (Wildman–Crippen MR) is 534 cm³/mol. The van der Waals surface area contributed by atoms with Crippen LogP contribution in [-0.4, -0.2) is 202 Å². The first kappa shape index (κ1) is 98.5. The van der Waals surface area contributed by atoms with Gasteiger partial charge >= 0.3 is 42.5 Å². The minimum atomic E-state index is -0.920. The van der Waals surface area contributed by atoms with Crippen molar-refractivity contribution in [1.82, 2.24) is 94.9 Å². The van der Waals surface area contributed by atoms with Gasteiger partial charge in [0.05, 0.1) is 90.7 Å². The van der Waals surface area contributed by atoms with Crippen LogP contribution < -0.4 is 32.8 Å². The molecule has 7 aromatic heterocycles. The molecule has 42 heteroatoms. The van der Waals surface area contributed by atoms with Crippen molar-refractivity contribution in [3.63, 3.8) is 0 Å². The van der Waals surface area contributed by atoms with Crippen LogP contribution in [0.4, 0.5) is 0 Å². The summed E-state index contributed by atoms with van der Waals surface area (Å²) in [6.45, 7) is 13.7. The molecule has 6 N–H and O–H groups in total. The molecule has 0 spiro atoms. The largest absolute Gasteiger partial charge is 0.491 e. The number of rotatable bonds is 25. The molecule has 0 unspecified atom stereocenters. The van der Waals surface area contributed by atoms with Gasteiger partial charge in [0.2, 0.25) is 0 Å². The van der Waals surface area contributed by atoms with Crippen LogP contribution in [0.3, 0.4) is 0 Å². The average Bonchev–Trinajstić information content (AvgIpc) is 1.64. The fourth-order valence-electron chi connectivity index (χ4n) is 19.0. The molecule has 13 heterocycles. The van der Waals surface area contributed by atoms with Gasteiger partial charge in [-0.3, -0.25) is 28.8 Å². The van der Waals surface area contributed by atoms with E-state index in [0.29, 0.717) is 115 Å². The van der Waals surface area contributed by atoms with Crippen molar-refractivity contribution in [1.29, 1.82) is 0 Å². The third kappa shape index (κ3) is 22.1. The summed E-state index contributed by atoms with van der Waals surface area (Å²) in [5.74, 6) is 0.898. The number of carbonyl (C=O) groups is 6. The van der Waals surface area contributed by atoms with Gasteiger partial charge in [-0.2, -0.15) is 4.68 Å². The van der Waals surface area contributed by atoms with Crippen LogP contribution >= 0.6 is 0 Å². The molecule has 0 radical (unpaired) electrons. The van der Waals surface area contributed by atoms with E-state index in [1.165, 1.54) is 31.2 Å². The van der Waals surface area contributed by atoms with E-state index in [1.807, 2.05) is 231 Å². The van der Waals surface area contributed by atoms with E-state index in [0.717, 1.165) is 167 Å². The van der Waals surface area contributed by atoms with Gasteiger partial charge in [-0.15, -0.1) is 30.6 Å². The second-order valence-electron chi connectivity index (χ2n) is 37.6. The Hall–Kier alpha value is -14.3. The minimum absolute atomic E-state index is 0.00279. The van der Waals surface area contributed by atoms with Gasteiger partial charge in [-0.25, -0.2) is 28.4 Å². The van der Waals surface area contributed by atoms with Crippen molar-refractivity contribution >= 4 is 110 Å². The highest BCUT2D eigenvalue weighted by molar-refractivity contribution is 6.68. The van der Waals surface area contributed by atoms with Crippen molar-refractivity contribution in [2.24, 2.45) is 5.92 Å². The summed E-state index contributed by atoms with van der Waals surface area (Å²) in [6.07, 6.45) is 14.1. The zero-order valence-corrected chi connectivity index (χ0v) is 80.4. The van der Waals surface area contributed by atoms with Gasteiger partial charge in [0, 0.05) is 51.3 Å². The van der Waals surface area contributed by atoms with Crippen molar-refractivity contribution in [3.05, 3.63) is 329 Å². The molecule has 6 aliphatic heterocycles. The molecule has 3 aliphatic carbocycles. The Morgan fingerprint density at radius 1 is 0.319 bits per heavy atom. The lowest BCUT2D eigenvalue weighted by Crippen LogP contribution is -2.28. The summed E-state index contributed by atoms with van der Waals surface area (Å²) in [4.78, 5) is 79.8. The molecule has 726 valence electrons. The standard InChI is InChI=1S/2C18H16BN3O3.C17H15BN4O3.C17H20BN3O3.C17H20BN3O2.C15H16BN3O3/c2*1-12-18(20-21-22(12)15-5-3-2-4-6-15)17(23)10-13-7-8-14-11-25-19(24)16(14)9-13;1-11-17(20-21-22(11)16-4-2-3-7-19-16)15(23)9-12-5-6-13-10-25-18(24)14(13)8-12;1-11-17(19-20-21(11)14-4-2-3-5-14)16(22)9-12-6-7-13-10-24-18(23)15(13)8-12;1-11-17(19-20-21(11)10-12-2-3-12)16(22)9-13-4-5-14-6-7-18(23)15(14)8-13;1-9-15(17-18-19(9)12-4-5-12)14(20)7-10-2-3-11-8-22-16(21)13(11)6-10/h2*2-9,24H,10-11H2,1H3;2-8,24H,9-10H2,1H3;6-8,14,23H,2-5,9-10H2,1H3;4-5,8,12,23H,2-3,6-7,9-10H2,1H3;2-3,6,12,21H,4-5,7-8H2,1H3. The van der Waals surface area contributed by atoms with Crippen LogP contribution in [0.1, 0.15) is 227 Å². The number of aromatic nitrogens is 19. The summed E-state index contributed by atoms with van der Waals surface area (Å²) in [5, 5.41) is 108. The fourth-order valence-corrected chi connectivity index (χ4v) is 19.0. The average molecular weight is 1930 g/mol. The van der Waals surface area contributed by atoms with Gasteiger partial charge < -0.3 is 53.4 Å². The Morgan fingerprint density at radius 2 is 0.625 bits per heavy atom. The number of hydrogen-bond acceptors (Lipinski definition) is 30. The van der Waals surface area contributed by atoms with Crippen molar-refractivity contribution < 1.29 is 82.2 Å². The quantitative estimate of drug-likeness (QED) is 0.0277. The molecule has 144 heavy (non-hydrogen) atoms. The molecule has 3 fully saturated rings. The molecule has 9 aliphatic rings. The van der Waals surface area contributed by atoms with Gasteiger partial charge in [0.1, 0.15) is 0 Å². The van der Waals surface area contributed by atoms with Crippen LogP contribution in [0, 0.1) is 47.5 Å². The maximum atomic E-state index is 12.7. The number of pyridine rings is 1. The summed E-state index contributed by atoms with van der Waals surface area (Å²) in [5.41, 5.74) is 24.6. The van der Waals surface area contributed by atoms with Crippen LogP contribution in [0.2, 0.25) is 6.32 Å². The molecule has 8 aromatic carbocycles. The Balaban J connectivity index is 0.000000109. The highest BCUT2D eigenvalue weighted by Crippen LogP contribution is 2.36. The van der Waals surface area contributed by atoms with Crippen molar-refractivity contribution in [3.8, 4) is 17.2 Å². The molecule has 0 amide bonds. The summed E-state index contributed by atoms with van der Waals surface area (Å²) >= 11 is 0. The van der Waals surface area contributed by atoms with E-state index < -0.39 is 35.6 Å². The zero-order chi connectivity index (χ0) is 100. The van der Waals surface area contributed by atoms with E-state index in [4.69, 9.17) is 23.3 Å². The van der Waals surface area contributed by atoms with E-state index in [1.54, 1.807) is 33.2 Å². The maximum Gasteiger partial charge on any atom is 0.491 e. The van der Waals surface area contributed by atoms with Crippen LogP contribution in [0.5, 0.6) is 0 Å². The van der Waals surface area contributed by atoms with Gasteiger partial charge in [-0.1, -0.05) is 201 Å². The Kier molecular flexibility index (Phi) is 29.7. The van der Waals surface area contributed by atoms with E-state index in [-0.39, 0.29) is 73.7 Å². The number of carbonyl (C=O) groups excluding carboxylic acids is 6. The third-order valence-electron chi connectivity index (χ3n) is 27.5. The van der Waals surface area contributed by atoms with Crippen LogP contribution in [0.15, 0.2) is 194 Å². The fraction of sp³-hybridized carbons (Fsp3) is 0.304. The number of Topliss-reactive ketones (excluding diaryl/α,β-unsaturated/α-hetero) is 6. The monoisotopic (exact) mass is 1930 g/mol. The molecular formula is C102H103B6N19O17. The highest BCUT2D eigenvalue weighted by Gasteiger charge is 2.37. The van der Waals surface area contributed by atoms with E-state index >= 15 is 0 Å². The lowest BCUT2D eigenvalue weighted by atomic mass is 9.63. The smallest absolute Gasteiger partial charge is 0.446 e. The lowest BCUT2D eigenvalue weighted by Gasteiger charge is -2.10. The number of hydrogen-bond donors (Lipinski definition) is 6. The normalized spacial score (nSPS) is 15.0. The SMILES string of the molecule is Cc1c(C(=O)Cc2ccc3c(c2)B(O)CC3)nnn1CC1CC1.Cc1c(C(=O)Cc2ccc3c(c2)B(O)OC3)nnn1-c1ccccc1.Cc1c(C(=O)Cc2ccc3c(c2)B(O)OC3)nnn1-c1ccccc1.Cc1c(C(=O)Cc2ccc3c(c2)B(O)OC3)nnn1-c1ccccn1.Cc1c(C(=O)Cc2ccc3c(c2)B(O)OC3)nnn1C1CC1.Cc1c(C(=O)Cc2ccc3c(c2)B(O)OC3)nnn1C1CCCC1. The Morgan fingerprint density at radius 3 is 0.972 bits per heavy atom. The number of benzene rings is 8. The summed E-state index contributed by atoms with van der Waals surface area (Å²) in [7, 11) is -4.52. The third-order valence-corrected chi connectivity index (χ3v) is 27.5. The molecule has 0 saturated heterocycles. The lowest BCUT2D eigenvalue weighted by molar-refractivity contribution is 0.0979. The number of para-hydroxylation sites is 2. The molecule has 0 bridgehead atoms.